The van der Waals surface area contributed by atoms with Crippen molar-refractivity contribution in [1.29, 1.82) is 0 Å². The molecule has 0 fully saturated rings. The molecule has 1 unspecified atom stereocenters. The van der Waals surface area contributed by atoms with Crippen LogP contribution < -0.4 is 0 Å². The number of rotatable bonds is 3. The molecular formula is C10H15NO. The molecular weight excluding hydrogens is 150 g/mol. The predicted octanol–water partition coefficient (Wildman–Crippen LogP) is 2.11. The molecule has 0 saturated carbocycles. The molecule has 1 heterocycles. The first-order chi connectivity index (χ1) is 5.66. The second kappa shape index (κ2) is 3.57. The smallest absolute Gasteiger partial charge is 0.141 e. The van der Waals surface area contributed by atoms with Crippen molar-refractivity contribution >= 4 is 5.78 Å². The van der Waals surface area contributed by atoms with E-state index >= 15 is 0 Å². The van der Waals surface area contributed by atoms with Gasteiger partial charge in [0.05, 0.1) is 5.92 Å². The first-order valence-corrected chi connectivity index (χ1v) is 4.30. The first kappa shape index (κ1) is 9.04. The van der Waals surface area contributed by atoms with Gasteiger partial charge in [0.25, 0.3) is 0 Å². The quantitative estimate of drug-likeness (QED) is 0.672. The molecule has 1 rings (SSSR count). The SMILES string of the molecule is CCC(=O)C(C)c1cccn1C. The van der Waals surface area contributed by atoms with Gasteiger partial charge in [-0.15, -0.1) is 0 Å². The van der Waals surface area contributed by atoms with Gasteiger partial charge in [0.2, 0.25) is 0 Å². The zero-order valence-electron chi connectivity index (χ0n) is 7.87. The van der Waals surface area contributed by atoms with E-state index in [4.69, 9.17) is 0 Å². The lowest BCUT2D eigenvalue weighted by Gasteiger charge is -2.09. The van der Waals surface area contributed by atoms with Crippen molar-refractivity contribution in [3.63, 3.8) is 0 Å². The number of hydrogen-bond donors (Lipinski definition) is 0. The van der Waals surface area contributed by atoms with Crippen LogP contribution in [-0.4, -0.2) is 10.4 Å². The maximum atomic E-state index is 11.3. The van der Waals surface area contributed by atoms with Gasteiger partial charge in [-0.3, -0.25) is 4.79 Å². The molecule has 1 atom stereocenters. The highest BCUT2D eigenvalue weighted by Crippen LogP contribution is 2.16. The third-order valence-corrected chi connectivity index (χ3v) is 2.26. The lowest BCUT2D eigenvalue weighted by molar-refractivity contribution is -0.119. The molecule has 0 aliphatic heterocycles. The minimum absolute atomic E-state index is 0.0370. The van der Waals surface area contributed by atoms with Crippen LogP contribution in [0.25, 0.3) is 0 Å². The van der Waals surface area contributed by atoms with Gasteiger partial charge in [0.1, 0.15) is 5.78 Å². The summed E-state index contributed by atoms with van der Waals surface area (Å²) < 4.78 is 2.00. The minimum Gasteiger partial charge on any atom is -0.354 e. The molecule has 1 aromatic heterocycles. The number of aromatic nitrogens is 1. The van der Waals surface area contributed by atoms with Crippen molar-refractivity contribution in [1.82, 2.24) is 4.57 Å². The Labute approximate surface area is 73.2 Å². The Morgan fingerprint density at radius 3 is 2.75 bits per heavy atom. The van der Waals surface area contributed by atoms with Crippen LogP contribution in [0.1, 0.15) is 31.9 Å². The van der Waals surface area contributed by atoms with E-state index < -0.39 is 0 Å². The standard InChI is InChI=1S/C10H15NO/c1-4-10(12)8(2)9-6-5-7-11(9)3/h5-8H,4H2,1-3H3. The zero-order valence-corrected chi connectivity index (χ0v) is 7.87. The summed E-state index contributed by atoms with van der Waals surface area (Å²) in [6.07, 6.45) is 2.58. The normalized spacial score (nSPS) is 12.9. The number of hydrogen-bond acceptors (Lipinski definition) is 1. The number of carbonyl (C=O) groups excluding carboxylic acids is 1. The Kier molecular flexibility index (Phi) is 2.69. The summed E-state index contributed by atoms with van der Waals surface area (Å²) in [6.45, 7) is 3.86. The van der Waals surface area contributed by atoms with Crippen molar-refractivity contribution < 1.29 is 4.79 Å². The third-order valence-electron chi connectivity index (χ3n) is 2.26. The van der Waals surface area contributed by atoms with Crippen molar-refractivity contribution in [3.8, 4) is 0 Å². The summed E-state index contributed by atoms with van der Waals surface area (Å²) in [5.41, 5.74) is 1.10. The molecule has 2 nitrogen and oxygen atoms in total. The number of nitrogens with zero attached hydrogens (tertiary/aromatic N) is 1. The van der Waals surface area contributed by atoms with Gasteiger partial charge in [-0.1, -0.05) is 6.92 Å². The molecule has 0 aliphatic carbocycles. The molecule has 0 N–H and O–H groups in total. The molecule has 12 heavy (non-hydrogen) atoms. The van der Waals surface area contributed by atoms with Crippen LogP contribution in [0, 0.1) is 0 Å². The number of Topliss-reactive ketones (excluding diaryl/α,β-unsaturated/α-hetero) is 1. The number of ketones is 1. The molecule has 0 radical (unpaired) electrons. The Bertz CT molecular complexity index is 275. The van der Waals surface area contributed by atoms with Crippen LogP contribution in [0.5, 0.6) is 0 Å². The van der Waals surface area contributed by atoms with E-state index in [1.807, 2.05) is 43.8 Å². The lowest BCUT2D eigenvalue weighted by Crippen LogP contribution is -2.10. The van der Waals surface area contributed by atoms with E-state index in [9.17, 15) is 4.79 Å². The fourth-order valence-electron chi connectivity index (χ4n) is 1.40. The topological polar surface area (TPSA) is 22.0 Å². The number of carbonyl (C=O) groups is 1. The highest BCUT2D eigenvalue weighted by Gasteiger charge is 2.14. The molecule has 0 aliphatic rings. The second-order valence-corrected chi connectivity index (χ2v) is 3.09. The summed E-state index contributed by atoms with van der Waals surface area (Å²) in [4.78, 5) is 11.3. The molecule has 0 bridgehead atoms. The summed E-state index contributed by atoms with van der Waals surface area (Å²) in [5, 5.41) is 0. The molecule has 0 spiro atoms. The predicted molar refractivity (Wildman–Crippen MR) is 49.1 cm³/mol. The zero-order chi connectivity index (χ0) is 9.14. The van der Waals surface area contributed by atoms with Crippen molar-refractivity contribution in [3.05, 3.63) is 24.0 Å². The summed E-state index contributed by atoms with van der Waals surface area (Å²) in [5.74, 6) is 0.340. The van der Waals surface area contributed by atoms with Crippen LogP contribution >= 0.6 is 0 Å². The lowest BCUT2D eigenvalue weighted by atomic mass is 10.0. The third kappa shape index (κ3) is 1.58. The summed E-state index contributed by atoms with van der Waals surface area (Å²) >= 11 is 0. The monoisotopic (exact) mass is 165 g/mol. The van der Waals surface area contributed by atoms with E-state index in [2.05, 4.69) is 0 Å². The Hall–Kier alpha value is -1.05. The van der Waals surface area contributed by atoms with Crippen LogP contribution in [0.15, 0.2) is 18.3 Å². The average molecular weight is 165 g/mol. The van der Waals surface area contributed by atoms with E-state index in [0.717, 1.165) is 5.69 Å². The molecule has 66 valence electrons. The second-order valence-electron chi connectivity index (χ2n) is 3.09. The van der Waals surface area contributed by atoms with Gasteiger partial charge in [0.15, 0.2) is 0 Å². The van der Waals surface area contributed by atoms with Crippen LogP contribution in [0.3, 0.4) is 0 Å². The van der Waals surface area contributed by atoms with Crippen LogP contribution in [-0.2, 0) is 11.8 Å². The maximum Gasteiger partial charge on any atom is 0.141 e. The van der Waals surface area contributed by atoms with Crippen LogP contribution in [0.2, 0.25) is 0 Å². The highest BCUT2D eigenvalue weighted by atomic mass is 16.1. The van der Waals surface area contributed by atoms with Gasteiger partial charge in [-0.05, 0) is 19.1 Å². The molecule has 2 heteroatoms. The van der Waals surface area contributed by atoms with E-state index in [1.165, 1.54) is 0 Å². The van der Waals surface area contributed by atoms with Crippen molar-refractivity contribution in [2.75, 3.05) is 0 Å². The van der Waals surface area contributed by atoms with E-state index in [1.54, 1.807) is 0 Å². The Balaban J connectivity index is 2.84. The van der Waals surface area contributed by atoms with Gasteiger partial charge in [-0.2, -0.15) is 0 Å². The average Bonchev–Trinajstić information content (AvgIpc) is 2.48. The molecule has 0 saturated heterocycles. The van der Waals surface area contributed by atoms with E-state index in [-0.39, 0.29) is 5.92 Å². The Morgan fingerprint density at radius 1 is 1.67 bits per heavy atom. The first-order valence-electron chi connectivity index (χ1n) is 4.30. The maximum absolute atomic E-state index is 11.3. The Morgan fingerprint density at radius 2 is 2.33 bits per heavy atom. The van der Waals surface area contributed by atoms with Gasteiger partial charge >= 0.3 is 0 Å². The summed E-state index contributed by atoms with van der Waals surface area (Å²) in [7, 11) is 1.97. The fraction of sp³-hybridized carbons (Fsp3) is 0.500. The highest BCUT2D eigenvalue weighted by molar-refractivity contribution is 5.84. The largest absolute Gasteiger partial charge is 0.354 e. The minimum atomic E-state index is 0.0370. The van der Waals surface area contributed by atoms with Crippen LogP contribution in [0.4, 0.5) is 0 Å². The van der Waals surface area contributed by atoms with Gasteiger partial charge in [-0.25, -0.2) is 0 Å². The number of aryl methyl sites for hydroxylation is 1. The van der Waals surface area contributed by atoms with Gasteiger partial charge < -0.3 is 4.57 Å². The molecule has 1 aromatic rings. The van der Waals surface area contributed by atoms with Crippen molar-refractivity contribution in [2.24, 2.45) is 7.05 Å². The fourth-order valence-corrected chi connectivity index (χ4v) is 1.40. The molecule has 0 aromatic carbocycles. The van der Waals surface area contributed by atoms with Gasteiger partial charge in [0, 0.05) is 25.4 Å². The van der Waals surface area contributed by atoms with E-state index in [0.29, 0.717) is 12.2 Å². The molecule has 0 amide bonds. The van der Waals surface area contributed by atoms with Crippen molar-refractivity contribution in [2.45, 2.75) is 26.2 Å². The summed E-state index contributed by atoms with van der Waals surface area (Å²) in [6, 6.07) is 3.97.